The molecule has 1 N–H and O–H groups in total. The second-order valence-corrected chi connectivity index (χ2v) is 10.9. The Labute approximate surface area is 191 Å². The first-order valence-corrected chi connectivity index (χ1v) is 12.3. The van der Waals surface area contributed by atoms with Gasteiger partial charge < -0.3 is 10.2 Å². The molecule has 2 aromatic carbocycles. The van der Waals surface area contributed by atoms with Gasteiger partial charge in [0.15, 0.2) is 0 Å². The minimum Gasteiger partial charge on any atom is -0.350 e. The molecule has 0 heterocycles. The molecule has 2 rings (SSSR count). The SMILES string of the molecule is Cc1ccc(CN(C(=O)CN(c2ccccc2)S(C)(=O)=O)C(C)C(=O)NC(C)(C)C)cc1. The summed E-state index contributed by atoms with van der Waals surface area (Å²) >= 11 is 0. The Kier molecular flexibility index (Phi) is 8.07. The van der Waals surface area contributed by atoms with Crippen LogP contribution < -0.4 is 9.62 Å². The van der Waals surface area contributed by atoms with Gasteiger partial charge in [0.1, 0.15) is 12.6 Å². The number of hydrogen-bond donors (Lipinski definition) is 1. The van der Waals surface area contributed by atoms with Crippen LogP contribution in [0.4, 0.5) is 5.69 Å². The minimum atomic E-state index is -3.71. The fourth-order valence-electron chi connectivity index (χ4n) is 3.15. The van der Waals surface area contributed by atoms with Crippen molar-refractivity contribution in [2.24, 2.45) is 0 Å². The lowest BCUT2D eigenvalue weighted by Gasteiger charge is -2.33. The predicted octanol–water partition coefficient (Wildman–Crippen LogP) is 3.09. The summed E-state index contributed by atoms with van der Waals surface area (Å²) in [4.78, 5) is 27.7. The van der Waals surface area contributed by atoms with Gasteiger partial charge in [-0.2, -0.15) is 0 Å². The highest BCUT2D eigenvalue weighted by Crippen LogP contribution is 2.19. The van der Waals surface area contributed by atoms with Crippen molar-refractivity contribution in [2.75, 3.05) is 17.1 Å². The van der Waals surface area contributed by atoms with Crippen molar-refractivity contribution in [3.63, 3.8) is 0 Å². The van der Waals surface area contributed by atoms with Gasteiger partial charge in [-0.25, -0.2) is 8.42 Å². The summed E-state index contributed by atoms with van der Waals surface area (Å²) in [6.45, 7) is 9.00. The van der Waals surface area contributed by atoms with Gasteiger partial charge in [0.2, 0.25) is 21.8 Å². The molecular formula is C24H33N3O4S. The number of rotatable bonds is 8. The van der Waals surface area contributed by atoms with Gasteiger partial charge in [0.25, 0.3) is 0 Å². The molecular weight excluding hydrogens is 426 g/mol. The second kappa shape index (κ2) is 10.2. The molecule has 0 aliphatic rings. The zero-order chi connectivity index (χ0) is 24.1. The van der Waals surface area contributed by atoms with E-state index < -0.39 is 34.1 Å². The normalized spacial score (nSPS) is 12.7. The van der Waals surface area contributed by atoms with Crippen LogP contribution in [-0.2, 0) is 26.2 Å². The Balaban J connectivity index is 2.36. The molecule has 174 valence electrons. The van der Waals surface area contributed by atoms with E-state index >= 15 is 0 Å². The summed E-state index contributed by atoms with van der Waals surface area (Å²) in [6.07, 6.45) is 1.06. The van der Waals surface area contributed by atoms with E-state index in [-0.39, 0.29) is 12.5 Å². The standard InChI is InChI=1S/C24H33N3O4S/c1-18-12-14-20(15-13-18)16-26(19(2)23(29)25-24(3,4)5)22(28)17-27(32(6,30)31)21-10-8-7-9-11-21/h7-15,19H,16-17H2,1-6H3,(H,25,29). The van der Waals surface area contributed by atoms with Crippen molar-refractivity contribution in [3.05, 3.63) is 65.7 Å². The van der Waals surface area contributed by atoms with Crippen LogP contribution in [0.1, 0.15) is 38.8 Å². The lowest BCUT2D eigenvalue weighted by Crippen LogP contribution is -2.54. The van der Waals surface area contributed by atoms with E-state index in [0.29, 0.717) is 5.69 Å². The van der Waals surface area contributed by atoms with Crippen LogP contribution in [0.2, 0.25) is 0 Å². The largest absolute Gasteiger partial charge is 0.350 e. The van der Waals surface area contributed by atoms with Crippen LogP contribution in [0.25, 0.3) is 0 Å². The number of carbonyl (C=O) groups excluding carboxylic acids is 2. The van der Waals surface area contributed by atoms with Crippen LogP contribution in [0.5, 0.6) is 0 Å². The van der Waals surface area contributed by atoms with Crippen molar-refractivity contribution >= 4 is 27.5 Å². The van der Waals surface area contributed by atoms with Crippen molar-refractivity contribution in [2.45, 2.75) is 52.7 Å². The smallest absolute Gasteiger partial charge is 0.244 e. The maximum absolute atomic E-state index is 13.4. The summed E-state index contributed by atoms with van der Waals surface area (Å²) in [5.41, 5.74) is 1.86. The molecule has 0 fully saturated rings. The fourth-order valence-corrected chi connectivity index (χ4v) is 4.00. The molecule has 1 unspecified atom stereocenters. The molecule has 0 aliphatic heterocycles. The Bertz CT molecular complexity index is 1030. The van der Waals surface area contributed by atoms with Crippen LogP contribution in [0.15, 0.2) is 54.6 Å². The van der Waals surface area contributed by atoms with Crippen LogP contribution >= 0.6 is 0 Å². The number of nitrogens with zero attached hydrogens (tertiary/aromatic N) is 2. The summed E-state index contributed by atoms with van der Waals surface area (Å²) in [6, 6.07) is 15.3. The number of carbonyl (C=O) groups is 2. The summed E-state index contributed by atoms with van der Waals surface area (Å²) in [5, 5.41) is 2.90. The average molecular weight is 460 g/mol. The lowest BCUT2D eigenvalue weighted by molar-refractivity contribution is -0.140. The third-order valence-corrected chi connectivity index (χ3v) is 6.00. The zero-order valence-electron chi connectivity index (χ0n) is 19.6. The first-order chi connectivity index (χ1) is 14.8. The zero-order valence-corrected chi connectivity index (χ0v) is 20.4. The minimum absolute atomic E-state index is 0.185. The van der Waals surface area contributed by atoms with Crippen molar-refractivity contribution in [3.8, 4) is 0 Å². The van der Waals surface area contributed by atoms with Gasteiger partial charge in [-0.15, -0.1) is 0 Å². The number of aryl methyl sites for hydroxylation is 1. The molecule has 2 aromatic rings. The molecule has 0 aromatic heterocycles. The molecule has 1 atom stereocenters. The fraction of sp³-hybridized carbons (Fsp3) is 0.417. The number of amides is 2. The molecule has 2 amide bonds. The number of anilines is 1. The van der Waals surface area contributed by atoms with Gasteiger partial charge in [-0.05, 0) is 52.3 Å². The molecule has 0 bridgehead atoms. The maximum atomic E-state index is 13.4. The highest BCUT2D eigenvalue weighted by Gasteiger charge is 2.31. The maximum Gasteiger partial charge on any atom is 0.244 e. The Hall–Kier alpha value is -2.87. The number of benzene rings is 2. The average Bonchev–Trinajstić information content (AvgIpc) is 2.69. The van der Waals surface area contributed by atoms with E-state index in [1.807, 2.05) is 52.0 Å². The Morgan fingerprint density at radius 1 is 1.00 bits per heavy atom. The molecule has 7 nitrogen and oxygen atoms in total. The van der Waals surface area contributed by atoms with Crippen LogP contribution in [-0.4, -0.2) is 49.5 Å². The lowest BCUT2D eigenvalue weighted by atomic mass is 10.1. The summed E-state index contributed by atoms with van der Waals surface area (Å²) < 4.78 is 26.0. The van der Waals surface area contributed by atoms with E-state index in [0.717, 1.165) is 21.7 Å². The monoisotopic (exact) mass is 459 g/mol. The van der Waals surface area contributed by atoms with Gasteiger partial charge in [0, 0.05) is 12.1 Å². The van der Waals surface area contributed by atoms with E-state index in [9.17, 15) is 18.0 Å². The van der Waals surface area contributed by atoms with Gasteiger partial charge >= 0.3 is 0 Å². The molecule has 0 saturated heterocycles. The van der Waals surface area contributed by atoms with Gasteiger partial charge in [0.05, 0.1) is 11.9 Å². The quantitative estimate of drug-likeness (QED) is 0.657. The summed E-state index contributed by atoms with van der Waals surface area (Å²) in [5.74, 6) is -0.764. The van der Waals surface area contributed by atoms with E-state index in [1.165, 1.54) is 4.90 Å². The molecule has 0 spiro atoms. The second-order valence-electron chi connectivity index (χ2n) is 9.03. The molecule has 8 heteroatoms. The first-order valence-electron chi connectivity index (χ1n) is 10.5. The third-order valence-electron chi connectivity index (χ3n) is 4.86. The van der Waals surface area contributed by atoms with Crippen molar-refractivity contribution in [1.29, 1.82) is 0 Å². The first kappa shape index (κ1) is 25.4. The highest BCUT2D eigenvalue weighted by atomic mass is 32.2. The van der Waals surface area contributed by atoms with E-state index in [2.05, 4.69) is 5.32 Å². The van der Waals surface area contributed by atoms with Crippen molar-refractivity contribution < 1.29 is 18.0 Å². The van der Waals surface area contributed by atoms with Crippen LogP contribution in [0, 0.1) is 6.92 Å². The number of nitrogens with one attached hydrogen (secondary N) is 1. The van der Waals surface area contributed by atoms with E-state index in [4.69, 9.17) is 0 Å². The van der Waals surface area contributed by atoms with Gasteiger partial charge in [-0.3, -0.25) is 13.9 Å². The topological polar surface area (TPSA) is 86.8 Å². The highest BCUT2D eigenvalue weighted by molar-refractivity contribution is 7.92. The van der Waals surface area contributed by atoms with E-state index in [1.54, 1.807) is 37.3 Å². The molecule has 0 radical (unpaired) electrons. The molecule has 32 heavy (non-hydrogen) atoms. The number of para-hydroxylation sites is 1. The van der Waals surface area contributed by atoms with Crippen molar-refractivity contribution in [1.82, 2.24) is 10.2 Å². The third kappa shape index (κ3) is 7.37. The van der Waals surface area contributed by atoms with Crippen LogP contribution in [0.3, 0.4) is 0 Å². The number of hydrogen-bond acceptors (Lipinski definition) is 4. The Morgan fingerprint density at radius 2 is 1.56 bits per heavy atom. The Morgan fingerprint density at radius 3 is 2.06 bits per heavy atom. The predicted molar refractivity (Wildman–Crippen MR) is 128 cm³/mol. The molecule has 0 aliphatic carbocycles. The summed E-state index contributed by atoms with van der Waals surface area (Å²) in [7, 11) is -3.71. The van der Waals surface area contributed by atoms with Gasteiger partial charge in [-0.1, -0.05) is 48.0 Å². The molecule has 0 saturated carbocycles. The number of sulfonamides is 1.